The summed E-state index contributed by atoms with van der Waals surface area (Å²) in [5, 5.41) is 11.4. The van der Waals surface area contributed by atoms with Gasteiger partial charge in [0.1, 0.15) is 0 Å². The van der Waals surface area contributed by atoms with Crippen LogP contribution in [0.4, 0.5) is 5.69 Å². The Morgan fingerprint density at radius 1 is 1.10 bits per heavy atom. The summed E-state index contributed by atoms with van der Waals surface area (Å²) in [5.41, 5.74) is 1.16. The minimum Gasteiger partial charge on any atom is -0.481 e. The molecule has 0 aliphatic rings. The molecule has 1 rings (SSSR count). The number of benzene rings is 1. The van der Waals surface area contributed by atoms with Crippen molar-refractivity contribution in [3.63, 3.8) is 0 Å². The molecule has 0 atom stereocenters. The summed E-state index contributed by atoms with van der Waals surface area (Å²) in [7, 11) is 2.03. The van der Waals surface area contributed by atoms with Crippen LogP contribution in [0.1, 0.15) is 32.1 Å². The Morgan fingerprint density at radius 3 is 2.43 bits per heavy atom. The van der Waals surface area contributed by atoms with E-state index in [0.717, 1.165) is 18.7 Å². The van der Waals surface area contributed by atoms with Gasteiger partial charge in [0.05, 0.1) is 0 Å². The van der Waals surface area contributed by atoms with Gasteiger partial charge >= 0.3 is 5.97 Å². The van der Waals surface area contributed by atoms with E-state index >= 15 is 0 Å². The van der Waals surface area contributed by atoms with Crippen molar-refractivity contribution < 1.29 is 14.7 Å². The first-order valence-corrected chi connectivity index (χ1v) is 7.34. The third kappa shape index (κ3) is 7.97. The lowest BCUT2D eigenvalue weighted by molar-refractivity contribution is -0.137. The van der Waals surface area contributed by atoms with Gasteiger partial charge in [-0.1, -0.05) is 18.2 Å². The fourth-order valence-electron chi connectivity index (χ4n) is 2.01. The molecule has 0 heterocycles. The predicted molar refractivity (Wildman–Crippen MR) is 83.4 cm³/mol. The monoisotopic (exact) mass is 292 g/mol. The Morgan fingerprint density at radius 2 is 1.76 bits per heavy atom. The van der Waals surface area contributed by atoms with Gasteiger partial charge in [-0.3, -0.25) is 9.59 Å². The third-order valence-corrected chi connectivity index (χ3v) is 3.23. The summed E-state index contributed by atoms with van der Waals surface area (Å²) < 4.78 is 0. The zero-order valence-electron chi connectivity index (χ0n) is 12.5. The number of rotatable bonds is 10. The normalized spacial score (nSPS) is 10.1. The van der Waals surface area contributed by atoms with Gasteiger partial charge in [-0.2, -0.15) is 0 Å². The minimum absolute atomic E-state index is 0.00255. The Hall–Kier alpha value is -2.04. The molecule has 0 spiro atoms. The Bertz CT molecular complexity index is 434. The maximum Gasteiger partial charge on any atom is 0.303 e. The molecule has 0 unspecified atom stereocenters. The zero-order valence-corrected chi connectivity index (χ0v) is 12.5. The number of hydrogen-bond acceptors (Lipinski definition) is 3. The molecule has 0 aromatic heterocycles. The van der Waals surface area contributed by atoms with Crippen LogP contribution in [0, 0.1) is 0 Å². The molecular formula is C16H24N2O3. The van der Waals surface area contributed by atoms with Crippen LogP contribution in [-0.4, -0.2) is 37.1 Å². The molecule has 5 heteroatoms. The van der Waals surface area contributed by atoms with Crippen molar-refractivity contribution in [3.8, 4) is 0 Å². The number of carboxylic acids is 1. The molecule has 0 radical (unpaired) electrons. The summed E-state index contributed by atoms with van der Waals surface area (Å²) in [6, 6.07) is 10.1. The number of aliphatic carboxylic acids is 1. The highest BCUT2D eigenvalue weighted by molar-refractivity contribution is 5.75. The summed E-state index contributed by atoms with van der Waals surface area (Å²) in [6.07, 6.45) is 2.60. The van der Waals surface area contributed by atoms with Gasteiger partial charge in [0, 0.05) is 38.7 Å². The van der Waals surface area contributed by atoms with Gasteiger partial charge in [-0.05, 0) is 31.4 Å². The van der Waals surface area contributed by atoms with Crippen molar-refractivity contribution in [3.05, 3.63) is 30.3 Å². The molecule has 0 aliphatic carbocycles. The molecule has 0 bridgehead atoms. The predicted octanol–water partition coefficient (Wildman–Crippen LogP) is 2.27. The van der Waals surface area contributed by atoms with Crippen LogP contribution in [0.3, 0.4) is 0 Å². The molecule has 2 N–H and O–H groups in total. The molecule has 0 fully saturated rings. The van der Waals surface area contributed by atoms with Crippen LogP contribution >= 0.6 is 0 Å². The number of unbranched alkanes of at least 4 members (excludes halogenated alkanes) is 1. The summed E-state index contributed by atoms with van der Waals surface area (Å²) in [5.74, 6) is -0.804. The zero-order chi connectivity index (χ0) is 15.5. The molecule has 1 aromatic carbocycles. The number of para-hydroxylation sites is 1. The minimum atomic E-state index is -0.806. The lowest BCUT2D eigenvalue weighted by Crippen LogP contribution is -2.28. The topological polar surface area (TPSA) is 69.6 Å². The number of carboxylic acid groups (broad SMARTS) is 1. The number of carbonyl (C=O) groups excluding carboxylic acids is 1. The van der Waals surface area contributed by atoms with Crippen molar-refractivity contribution >= 4 is 17.6 Å². The lowest BCUT2D eigenvalue weighted by atomic mass is 10.2. The second-order valence-electron chi connectivity index (χ2n) is 5.06. The van der Waals surface area contributed by atoms with Gasteiger partial charge in [0.2, 0.25) is 5.91 Å². The van der Waals surface area contributed by atoms with E-state index in [1.165, 1.54) is 0 Å². The van der Waals surface area contributed by atoms with Gasteiger partial charge in [-0.25, -0.2) is 0 Å². The van der Waals surface area contributed by atoms with E-state index in [1.54, 1.807) is 0 Å². The van der Waals surface area contributed by atoms with Crippen molar-refractivity contribution in [1.29, 1.82) is 0 Å². The largest absolute Gasteiger partial charge is 0.481 e. The maximum atomic E-state index is 11.5. The summed E-state index contributed by atoms with van der Waals surface area (Å²) in [4.78, 5) is 24.0. The van der Waals surface area contributed by atoms with E-state index < -0.39 is 5.97 Å². The molecule has 5 nitrogen and oxygen atoms in total. The number of anilines is 1. The third-order valence-electron chi connectivity index (χ3n) is 3.23. The first-order chi connectivity index (χ1) is 10.1. The Balaban J connectivity index is 2.05. The molecule has 116 valence electrons. The highest BCUT2D eigenvalue weighted by atomic mass is 16.4. The van der Waals surface area contributed by atoms with E-state index in [9.17, 15) is 9.59 Å². The van der Waals surface area contributed by atoms with Crippen molar-refractivity contribution in [2.45, 2.75) is 32.1 Å². The first-order valence-electron chi connectivity index (χ1n) is 7.34. The van der Waals surface area contributed by atoms with E-state index in [-0.39, 0.29) is 12.3 Å². The highest BCUT2D eigenvalue weighted by Gasteiger charge is 2.03. The van der Waals surface area contributed by atoms with Gasteiger partial charge in [-0.15, -0.1) is 0 Å². The first kappa shape index (κ1) is 17.0. The van der Waals surface area contributed by atoms with Gasteiger partial charge < -0.3 is 15.3 Å². The van der Waals surface area contributed by atoms with E-state index in [4.69, 9.17) is 5.11 Å². The number of hydrogen-bond donors (Lipinski definition) is 2. The number of nitrogens with one attached hydrogen (secondary N) is 1. The number of carbonyl (C=O) groups is 2. The molecule has 0 aliphatic heterocycles. The van der Waals surface area contributed by atoms with Crippen LogP contribution in [0.5, 0.6) is 0 Å². The van der Waals surface area contributed by atoms with Gasteiger partial charge in [0.15, 0.2) is 0 Å². The molecular weight excluding hydrogens is 268 g/mol. The lowest BCUT2D eigenvalue weighted by Gasteiger charge is -2.19. The van der Waals surface area contributed by atoms with Crippen molar-refractivity contribution in [2.75, 3.05) is 25.0 Å². The fourth-order valence-corrected chi connectivity index (χ4v) is 2.01. The van der Waals surface area contributed by atoms with Crippen LogP contribution < -0.4 is 10.2 Å². The average molecular weight is 292 g/mol. The van der Waals surface area contributed by atoms with Crippen LogP contribution in [-0.2, 0) is 9.59 Å². The van der Waals surface area contributed by atoms with E-state index in [0.29, 0.717) is 25.8 Å². The summed E-state index contributed by atoms with van der Waals surface area (Å²) >= 11 is 0. The molecule has 0 saturated carbocycles. The highest BCUT2D eigenvalue weighted by Crippen LogP contribution is 2.10. The Labute approximate surface area is 126 Å². The van der Waals surface area contributed by atoms with E-state index in [2.05, 4.69) is 22.3 Å². The molecule has 0 saturated heterocycles. The van der Waals surface area contributed by atoms with Crippen molar-refractivity contribution in [2.24, 2.45) is 0 Å². The average Bonchev–Trinajstić information content (AvgIpc) is 2.48. The maximum absolute atomic E-state index is 11.5. The quantitative estimate of drug-likeness (QED) is 0.649. The standard InChI is InChI=1S/C16H24N2O3/c1-18(14-8-3-2-4-9-14)13-7-12-17-15(19)10-5-6-11-16(20)21/h2-4,8-9H,5-7,10-13H2,1H3,(H,17,19)(H,20,21). The van der Waals surface area contributed by atoms with Crippen LogP contribution in [0.2, 0.25) is 0 Å². The Kier molecular flexibility index (Phi) is 7.94. The molecule has 1 aromatic rings. The van der Waals surface area contributed by atoms with E-state index in [1.807, 2.05) is 25.2 Å². The second-order valence-corrected chi connectivity index (χ2v) is 5.06. The van der Waals surface area contributed by atoms with Gasteiger partial charge in [0.25, 0.3) is 0 Å². The van der Waals surface area contributed by atoms with Crippen LogP contribution in [0.15, 0.2) is 30.3 Å². The second kappa shape index (κ2) is 9.80. The molecule has 21 heavy (non-hydrogen) atoms. The smallest absolute Gasteiger partial charge is 0.303 e. The SMILES string of the molecule is CN(CCCNC(=O)CCCCC(=O)O)c1ccccc1. The van der Waals surface area contributed by atoms with Crippen LogP contribution in [0.25, 0.3) is 0 Å². The molecule has 1 amide bonds. The van der Waals surface area contributed by atoms with Crippen molar-refractivity contribution in [1.82, 2.24) is 5.32 Å². The number of nitrogens with zero attached hydrogens (tertiary/aromatic N) is 1. The number of amides is 1. The fraction of sp³-hybridized carbons (Fsp3) is 0.500. The summed E-state index contributed by atoms with van der Waals surface area (Å²) in [6.45, 7) is 1.53.